The first kappa shape index (κ1) is 13.8. The molecule has 1 aromatic heterocycles. The minimum Gasteiger partial charge on any atom is -0.274 e. The van der Waals surface area contributed by atoms with Gasteiger partial charge in [0.05, 0.1) is 10.9 Å². The molecule has 0 spiro atoms. The highest BCUT2D eigenvalue weighted by molar-refractivity contribution is 6.30. The van der Waals surface area contributed by atoms with Gasteiger partial charge in [-0.25, -0.2) is 9.88 Å². The molecule has 0 unspecified atom stereocenters. The Kier molecular flexibility index (Phi) is 3.71. The van der Waals surface area contributed by atoms with E-state index in [9.17, 15) is 9.59 Å². The average Bonchev–Trinajstić information content (AvgIpc) is 2.76. The lowest BCUT2D eigenvalue weighted by molar-refractivity contribution is -0.122. The molecule has 106 valence electrons. The van der Waals surface area contributed by atoms with Crippen molar-refractivity contribution in [2.45, 2.75) is 12.8 Å². The van der Waals surface area contributed by atoms with Crippen LogP contribution in [0.1, 0.15) is 12.0 Å². The van der Waals surface area contributed by atoms with E-state index in [4.69, 9.17) is 11.6 Å². The summed E-state index contributed by atoms with van der Waals surface area (Å²) in [7, 11) is 0. The van der Waals surface area contributed by atoms with Crippen molar-refractivity contribution in [1.29, 1.82) is 0 Å². The third-order valence-electron chi connectivity index (χ3n) is 3.51. The highest BCUT2D eigenvalue weighted by atomic mass is 35.5. The Bertz CT molecular complexity index is 670. The second kappa shape index (κ2) is 5.66. The lowest BCUT2D eigenvalue weighted by Gasteiger charge is -2.13. The molecule has 1 aliphatic rings. The predicted molar refractivity (Wildman–Crippen MR) is 80.0 cm³/mol. The number of nitrogens with zero attached hydrogens (tertiary/aromatic N) is 2. The Labute approximate surface area is 127 Å². The van der Waals surface area contributed by atoms with Gasteiger partial charge in [-0.3, -0.25) is 9.59 Å². The smallest absolute Gasteiger partial charge is 0.238 e. The number of benzene rings is 1. The van der Waals surface area contributed by atoms with Crippen LogP contribution in [0, 0.1) is 5.92 Å². The van der Waals surface area contributed by atoms with E-state index in [-0.39, 0.29) is 24.2 Å². The summed E-state index contributed by atoms with van der Waals surface area (Å²) < 4.78 is 0. The second-order valence-corrected chi connectivity index (χ2v) is 5.43. The number of imide groups is 1. The first-order chi connectivity index (χ1) is 10.1. The van der Waals surface area contributed by atoms with E-state index in [0.29, 0.717) is 17.3 Å². The van der Waals surface area contributed by atoms with Crippen LogP contribution in [0.5, 0.6) is 0 Å². The number of carbonyl (C=O) groups excluding carboxylic acids is 2. The number of hydrogen-bond donors (Lipinski definition) is 0. The maximum Gasteiger partial charge on any atom is 0.238 e. The van der Waals surface area contributed by atoms with Crippen molar-refractivity contribution in [3.8, 4) is 0 Å². The maximum absolute atomic E-state index is 12.4. The van der Waals surface area contributed by atoms with Crippen LogP contribution in [0.25, 0.3) is 0 Å². The Morgan fingerprint density at radius 2 is 1.90 bits per heavy atom. The molecule has 0 N–H and O–H groups in total. The summed E-state index contributed by atoms with van der Waals surface area (Å²) in [5.41, 5.74) is 1.05. The van der Waals surface area contributed by atoms with Gasteiger partial charge in [0.1, 0.15) is 5.82 Å². The van der Waals surface area contributed by atoms with Gasteiger partial charge in [-0.2, -0.15) is 0 Å². The van der Waals surface area contributed by atoms with Crippen LogP contribution in [0.15, 0.2) is 48.7 Å². The molecule has 1 aliphatic heterocycles. The third-order valence-corrected chi connectivity index (χ3v) is 3.73. The van der Waals surface area contributed by atoms with E-state index in [2.05, 4.69) is 4.98 Å². The molecule has 2 heterocycles. The fourth-order valence-electron chi connectivity index (χ4n) is 2.49. The van der Waals surface area contributed by atoms with Crippen LogP contribution >= 0.6 is 11.6 Å². The van der Waals surface area contributed by atoms with Crippen LogP contribution < -0.4 is 4.90 Å². The van der Waals surface area contributed by atoms with Gasteiger partial charge in [0.25, 0.3) is 0 Å². The Morgan fingerprint density at radius 3 is 2.57 bits per heavy atom. The van der Waals surface area contributed by atoms with Crippen LogP contribution in [-0.4, -0.2) is 16.8 Å². The van der Waals surface area contributed by atoms with Crippen molar-refractivity contribution < 1.29 is 9.59 Å². The lowest BCUT2D eigenvalue weighted by Crippen LogP contribution is -2.31. The van der Waals surface area contributed by atoms with Crippen LogP contribution in [0.3, 0.4) is 0 Å². The van der Waals surface area contributed by atoms with Gasteiger partial charge in [0.15, 0.2) is 0 Å². The molecule has 0 bridgehead atoms. The predicted octanol–water partition coefficient (Wildman–Crippen LogP) is 2.86. The molecule has 1 saturated heterocycles. The zero-order valence-corrected chi connectivity index (χ0v) is 12.0. The Hall–Kier alpha value is -2.20. The van der Waals surface area contributed by atoms with E-state index in [1.54, 1.807) is 12.1 Å². The maximum atomic E-state index is 12.4. The Morgan fingerprint density at radius 1 is 1.14 bits per heavy atom. The molecular formula is C16H13ClN2O2. The SMILES string of the molecule is O=C1C[C@H](Cc2ccccc2)C(=O)N1c1ccc(Cl)cn1. The van der Waals surface area contributed by atoms with Gasteiger partial charge in [-0.05, 0) is 24.1 Å². The van der Waals surface area contributed by atoms with E-state index >= 15 is 0 Å². The highest BCUT2D eigenvalue weighted by Gasteiger charge is 2.39. The van der Waals surface area contributed by atoms with Gasteiger partial charge in [0.2, 0.25) is 11.8 Å². The number of aromatic nitrogens is 1. The van der Waals surface area contributed by atoms with Gasteiger partial charge in [-0.15, -0.1) is 0 Å². The van der Waals surface area contributed by atoms with Crippen LogP contribution in [0.2, 0.25) is 5.02 Å². The van der Waals surface area contributed by atoms with E-state index < -0.39 is 0 Å². The molecule has 1 atom stereocenters. The fraction of sp³-hybridized carbons (Fsp3) is 0.188. The largest absolute Gasteiger partial charge is 0.274 e. The van der Waals surface area contributed by atoms with Crippen molar-refractivity contribution in [2.75, 3.05) is 4.90 Å². The molecule has 0 radical (unpaired) electrons. The molecule has 21 heavy (non-hydrogen) atoms. The summed E-state index contributed by atoms with van der Waals surface area (Å²) in [6.45, 7) is 0. The number of anilines is 1. The summed E-state index contributed by atoms with van der Waals surface area (Å²) in [4.78, 5) is 29.8. The molecule has 4 nitrogen and oxygen atoms in total. The molecule has 0 saturated carbocycles. The standard InChI is InChI=1S/C16H13ClN2O2/c17-13-6-7-14(18-10-13)19-15(20)9-12(16(19)21)8-11-4-2-1-3-5-11/h1-7,10,12H,8-9H2/t12-/m0/s1. The fourth-order valence-corrected chi connectivity index (χ4v) is 2.61. The molecule has 1 aromatic carbocycles. The topological polar surface area (TPSA) is 50.3 Å². The van der Waals surface area contributed by atoms with Crippen molar-refractivity contribution in [1.82, 2.24) is 4.98 Å². The second-order valence-electron chi connectivity index (χ2n) is 4.99. The monoisotopic (exact) mass is 300 g/mol. The normalized spacial score (nSPS) is 18.3. The number of amides is 2. The van der Waals surface area contributed by atoms with Crippen molar-refractivity contribution in [3.05, 3.63) is 59.2 Å². The van der Waals surface area contributed by atoms with Crippen LogP contribution in [-0.2, 0) is 16.0 Å². The van der Waals surface area contributed by atoms with E-state index in [0.717, 1.165) is 10.5 Å². The van der Waals surface area contributed by atoms with Gasteiger partial charge in [0, 0.05) is 12.6 Å². The minimum absolute atomic E-state index is 0.196. The average molecular weight is 301 g/mol. The van der Waals surface area contributed by atoms with E-state index in [1.165, 1.54) is 6.20 Å². The number of pyridine rings is 1. The minimum atomic E-state index is -0.322. The van der Waals surface area contributed by atoms with Crippen molar-refractivity contribution in [3.63, 3.8) is 0 Å². The lowest BCUT2D eigenvalue weighted by atomic mass is 9.98. The zero-order valence-electron chi connectivity index (χ0n) is 11.2. The van der Waals surface area contributed by atoms with E-state index in [1.807, 2.05) is 30.3 Å². The quantitative estimate of drug-likeness (QED) is 0.819. The van der Waals surface area contributed by atoms with Crippen molar-refractivity contribution >= 4 is 29.2 Å². The molecule has 5 heteroatoms. The molecule has 3 rings (SSSR count). The number of rotatable bonds is 3. The number of hydrogen-bond acceptors (Lipinski definition) is 3. The van der Waals surface area contributed by atoms with Gasteiger partial charge < -0.3 is 0 Å². The molecule has 0 aliphatic carbocycles. The summed E-state index contributed by atoms with van der Waals surface area (Å²) in [6, 6.07) is 12.9. The zero-order chi connectivity index (χ0) is 14.8. The molecular weight excluding hydrogens is 288 g/mol. The first-order valence-corrected chi connectivity index (χ1v) is 7.05. The van der Waals surface area contributed by atoms with Crippen LogP contribution in [0.4, 0.5) is 5.82 Å². The number of carbonyl (C=O) groups is 2. The molecule has 2 amide bonds. The highest BCUT2D eigenvalue weighted by Crippen LogP contribution is 2.27. The van der Waals surface area contributed by atoms with Crippen molar-refractivity contribution in [2.24, 2.45) is 5.92 Å². The molecule has 2 aromatic rings. The van der Waals surface area contributed by atoms with Gasteiger partial charge >= 0.3 is 0 Å². The summed E-state index contributed by atoms with van der Waals surface area (Å²) in [5, 5.41) is 0.471. The summed E-state index contributed by atoms with van der Waals surface area (Å²) in [5.74, 6) is -0.392. The third kappa shape index (κ3) is 2.81. The first-order valence-electron chi connectivity index (χ1n) is 6.67. The summed E-state index contributed by atoms with van der Waals surface area (Å²) >= 11 is 5.78. The number of halogens is 1. The Balaban J connectivity index is 1.80. The molecule has 1 fully saturated rings. The van der Waals surface area contributed by atoms with Gasteiger partial charge in [-0.1, -0.05) is 41.9 Å². The summed E-state index contributed by atoms with van der Waals surface area (Å²) in [6.07, 6.45) is 2.22.